The van der Waals surface area contributed by atoms with Crippen LogP contribution in [0, 0.1) is 6.92 Å². The van der Waals surface area contributed by atoms with Gasteiger partial charge in [-0.3, -0.25) is 9.59 Å². The molecule has 1 fully saturated rings. The van der Waals surface area contributed by atoms with Gasteiger partial charge in [0.05, 0.1) is 7.11 Å². The Morgan fingerprint density at radius 3 is 2.33 bits per heavy atom. The van der Waals surface area contributed by atoms with Crippen molar-refractivity contribution in [3.8, 4) is 5.75 Å². The van der Waals surface area contributed by atoms with Crippen molar-refractivity contribution in [2.24, 2.45) is 0 Å². The number of aryl methyl sites for hydroxylation is 1. The zero-order valence-corrected chi connectivity index (χ0v) is 15.7. The third-order valence-electron chi connectivity index (χ3n) is 4.43. The summed E-state index contributed by atoms with van der Waals surface area (Å²) in [5.74, 6) is 1.00. The molecule has 1 saturated heterocycles. The summed E-state index contributed by atoms with van der Waals surface area (Å²) in [5, 5.41) is 2.83. The Hall–Kier alpha value is -3.16. The predicted molar refractivity (Wildman–Crippen MR) is 102 cm³/mol. The van der Waals surface area contributed by atoms with Crippen LogP contribution >= 0.6 is 0 Å². The highest BCUT2D eigenvalue weighted by atomic mass is 16.5. The van der Waals surface area contributed by atoms with Crippen molar-refractivity contribution in [2.45, 2.75) is 13.8 Å². The topological polar surface area (TPSA) is 87.7 Å². The normalized spacial score (nSPS) is 14.0. The molecule has 1 aliphatic heterocycles. The molecule has 8 nitrogen and oxygen atoms in total. The van der Waals surface area contributed by atoms with Crippen LogP contribution in [0.1, 0.15) is 23.1 Å². The highest BCUT2D eigenvalue weighted by Crippen LogP contribution is 2.17. The molecule has 0 spiro atoms. The molecule has 0 atom stereocenters. The summed E-state index contributed by atoms with van der Waals surface area (Å²) in [4.78, 5) is 36.7. The lowest BCUT2D eigenvalue weighted by Gasteiger charge is -2.34. The third-order valence-corrected chi connectivity index (χ3v) is 4.43. The molecule has 1 N–H and O–H groups in total. The minimum atomic E-state index is -0.297. The van der Waals surface area contributed by atoms with Gasteiger partial charge in [-0.05, 0) is 37.3 Å². The Labute approximate surface area is 158 Å². The maximum Gasteiger partial charge on any atom is 0.274 e. The van der Waals surface area contributed by atoms with Crippen molar-refractivity contribution in [1.29, 1.82) is 0 Å². The van der Waals surface area contributed by atoms with Crippen LogP contribution in [0.3, 0.4) is 0 Å². The fourth-order valence-electron chi connectivity index (χ4n) is 2.90. The number of hydrogen-bond acceptors (Lipinski definition) is 6. The number of carbonyl (C=O) groups excluding carboxylic acids is 2. The van der Waals surface area contributed by atoms with Crippen LogP contribution < -0.4 is 15.0 Å². The van der Waals surface area contributed by atoms with Crippen LogP contribution in [0.2, 0.25) is 0 Å². The quantitative estimate of drug-likeness (QED) is 0.883. The number of aromatic nitrogens is 2. The summed E-state index contributed by atoms with van der Waals surface area (Å²) in [5.41, 5.74) is 1.69. The van der Waals surface area contributed by atoms with Crippen molar-refractivity contribution in [2.75, 3.05) is 43.5 Å². The van der Waals surface area contributed by atoms with Gasteiger partial charge in [0.25, 0.3) is 5.91 Å². The van der Waals surface area contributed by atoms with Crippen LogP contribution in [-0.4, -0.2) is 60.0 Å². The first-order chi connectivity index (χ1) is 13.0. The van der Waals surface area contributed by atoms with E-state index in [2.05, 4.69) is 15.3 Å². The first-order valence-corrected chi connectivity index (χ1v) is 8.78. The number of carbonyl (C=O) groups is 2. The number of nitrogens with zero attached hydrogens (tertiary/aromatic N) is 4. The molecule has 1 aromatic carbocycles. The first kappa shape index (κ1) is 18.6. The smallest absolute Gasteiger partial charge is 0.274 e. The molecule has 0 saturated carbocycles. The second-order valence-electron chi connectivity index (χ2n) is 6.37. The van der Waals surface area contributed by atoms with Crippen LogP contribution in [0.5, 0.6) is 5.75 Å². The summed E-state index contributed by atoms with van der Waals surface area (Å²) >= 11 is 0. The average molecular weight is 369 g/mol. The molecular formula is C19H23N5O3. The van der Waals surface area contributed by atoms with Crippen LogP contribution in [-0.2, 0) is 4.79 Å². The zero-order chi connectivity index (χ0) is 19.4. The molecule has 2 heterocycles. The van der Waals surface area contributed by atoms with Gasteiger partial charge >= 0.3 is 0 Å². The lowest BCUT2D eigenvalue weighted by atomic mass is 10.2. The molecule has 0 aliphatic carbocycles. The summed E-state index contributed by atoms with van der Waals surface area (Å²) in [7, 11) is 1.59. The van der Waals surface area contributed by atoms with Gasteiger partial charge in [-0.2, -0.15) is 0 Å². The Morgan fingerprint density at radius 1 is 1.07 bits per heavy atom. The molecule has 142 valence electrons. The Kier molecular flexibility index (Phi) is 5.54. The largest absolute Gasteiger partial charge is 0.497 e. The van der Waals surface area contributed by atoms with Gasteiger partial charge < -0.3 is 19.9 Å². The standard InChI is InChI=1S/C19H23N5O3/c1-13-12-17(18(26)21-15-4-6-16(27-3)7-5-15)22-19(20-13)24-10-8-23(9-11-24)14(2)25/h4-7,12H,8-11H2,1-3H3,(H,21,26). The highest BCUT2D eigenvalue weighted by molar-refractivity contribution is 6.03. The summed E-state index contributed by atoms with van der Waals surface area (Å²) < 4.78 is 5.12. The van der Waals surface area contributed by atoms with Gasteiger partial charge in [-0.15, -0.1) is 0 Å². The molecule has 3 rings (SSSR count). The van der Waals surface area contributed by atoms with Crippen LogP contribution in [0.15, 0.2) is 30.3 Å². The average Bonchev–Trinajstić information content (AvgIpc) is 2.68. The number of rotatable bonds is 4. The number of ether oxygens (including phenoxy) is 1. The maximum atomic E-state index is 12.6. The van der Waals surface area contributed by atoms with E-state index in [1.807, 2.05) is 11.8 Å². The Bertz CT molecular complexity index is 830. The fourth-order valence-corrected chi connectivity index (χ4v) is 2.90. The van der Waals surface area contributed by atoms with E-state index in [-0.39, 0.29) is 11.8 Å². The van der Waals surface area contributed by atoms with Gasteiger partial charge in [0, 0.05) is 44.5 Å². The lowest BCUT2D eigenvalue weighted by molar-refractivity contribution is -0.129. The van der Waals surface area contributed by atoms with Gasteiger partial charge in [0.1, 0.15) is 11.4 Å². The monoisotopic (exact) mass is 369 g/mol. The number of methoxy groups -OCH3 is 1. The third kappa shape index (κ3) is 4.52. The van der Waals surface area contributed by atoms with Crippen LogP contribution in [0.4, 0.5) is 11.6 Å². The fraction of sp³-hybridized carbons (Fsp3) is 0.368. The molecule has 0 unspecified atom stereocenters. The molecule has 8 heteroatoms. The van der Waals surface area contributed by atoms with E-state index in [4.69, 9.17) is 4.74 Å². The second-order valence-corrected chi connectivity index (χ2v) is 6.37. The van der Waals surface area contributed by atoms with E-state index < -0.39 is 0 Å². The van der Waals surface area contributed by atoms with Gasteiger partial charge in [0.2, 0.25) is 11.9 Å². The van der Waals surface area contributed by atoms with E-state index in [9.17, 15) is 9.59 Å². The van der Waals surface area contributed by atoms with Gasteiger partial charge in [0.15, 0.2) is 0 Å². The van der Waals surface area contributed by atoms with Crippen LogP contribution in [0.25, 0.3) is 0 Å². The molecule has 2 aromatic rings. The van der Waals surface area contributed by atoms with Crippen molar-refractivity contribution in [3.05, 3.63) is 41.7 Å². The summed E-state index contributed by atoms with van der Waals surface area (Å²) in [6, 6.07) is 8.76. The minimum absolute atomic E-state index is 0.0689. The summed E-state index contributed by atoms with van der Waals surface area (Å²) in [6.45, 7) is 5.94. The number of benzene rings is 1. The summed E-state index contributed by atoms with van der Waals surface area (Å²) in [6.07, 6.45) is 0. The van der Waals surface area contributed by atoms with E-state index in [0.29, 0.717) is 49.2 Å². The predicted octanol–water partition coefficient (Wildman–Crippen LogP) is 1.71. The number of amides is 2. The number of anilines is 2. The first-order valence-electron chi connectivity index (χ1n) is 8.78. The van der Waals surface area contributed by atoms with Crippen molar-refractivity contribution >= 4 is 23.5 Å². The number of nitrogens with one attached hydrogen (secondary N) is 1. The second kappa shape index (κ2) is 8.03. The van der Waals surface area contributed by atoms with Gasteiger partial charge in [-0.1, -0.05) is 0 Å². The maximum absolute atomic E-state index is 12.6. The zero-order valence-electron chi connectivity index (χ0n) is 15.7. The van der Waals surface area contributed by atoms with Gasteiger partial charge in [-0.25, -0.2) is 9.97 Å². The van der Waals surface area contributed by atoms with E-state index >= 15 is 0 Å². The molecule has 1 aromatic heterocycles. The molecule has 0 bridgehead atoms. The number of piperazine rings is 1. The van der Waals surface area contributed by atoms with Crippen molar-refractivity contribution in [3.63, 3.8) is 0 Å². The number of hydrogen-bond donors (Lipinski definition) is 1. The highest BCUT2D eigenvalue weighted by Gasteiger charge is 2.22. The minimum Gasteiger partial charge on any atom is -0.497 e. The van der Waals surface area contributed by atoms with Crippen molar-refractivity contribution in [1.82, 2.24) is 14.9 Å². The molecule has 1 aliphatic rings. The van der Waals surface area contributed by atoms with E-state index in [0.717, 1.165) is 5.75 Å². The lowest BCUT2D eigenvalue weighted by Crippen LogP contribution is -2.48. The molecule has 2 amide bonds. The molecule has 27 heavy (non-hydrogen) atoms. The Balaban J connectivity index is 1.72. The molecular weight excluding hydrogens is 346 g/mol. The van der Waals surface area contributed by atoms with Crippen molar-refractivity contribution < 1.29 is 14.3 Å². The Morgan fingerprint density at radius 2 is 1.74 bits per heavy atom. The SMILES string of the molecule is COc1ccc(NC(=O)c2cc(C)nc(N3CCN(C(C)=O)CC3)n2)cc1. The molecule has 0 radical (unpaired) electrons. The van der Waals surface area contributed by atoms with E-state index in [1.54, 1.807) is 49.3 Å². The van der Waals surface area contributed by atoms with E-state index in [1.165, 1.54) is 0 Å².